The zero-order chi connectivity index (χ0) is 12.8. The van der Waals surface area contributed by atoms with Crippen LogP contribution in [0.1, 0.15) is 25.3 Å². The van der Waals surface area contributed by atoms with Gasteiger partial charge in [0.1, 0.15) is 5.82 Å². The largest absolute Gasteiger partial charge is 0.396 e. The average molecular weight is 249 g/mol. The summed E-state index contributed by atoms with van der Waals surface area (Å²) in [7, 11) is 0. The maximum atomic E-state index is 9.14. The number of hydrogen-bond donors (Lipinski definition) is 2. The van der Waals surface area contributed by atoms with Crippen molar-refractivity contribution in [3.63, 3.8) is 0 Å². The third-order valence-corrected chi connectivity index (χ3v) is 3.41. The molecule has 0 bridgehead atoms. The summed E-state index contributed by atoms with van der Waals surface area (Å²) in [6.45, 7) is 6.49. The molecule has 0 saturated carbocycles. The topological polar surface area (TPSA) is 48.4 Å². The standard InChI is InChI=1S/C14H23N3O/c1-2-5-15-14-8-12(3-6-16-14)9-17-7-4-13(10-17)11-18/h3,6,8,13,18H,2,4-5,7,9-11H2,1H3,(H,15,16). The van der Waals surface area contributed by atoms with Gasteiger partial charge in [-0.3, -0.25) is 4.90 Å². The van der Waals surface area contributed by atoms with E-state index in [4.69, 9.17) is 5.11 Å². The van der Waals surface area contributed by atoms with E-state index in [1.165, 1.54) is 5.56 Å². The van der Waals surface area contributed by atoms with Crippen molar-refractivity contribution in [2.75, 3.05) is 31.6 Å². The Labute approximate surface area is 109 Å². The first kappa shape index (κ1) is 13.3. The summed E-state index contributed by atoms with van der Waals surface area (Å²) in [5.74, 6) is 1.43. The Morgan fingerprint density at radius 3 is 3.17 bits per heavy atom. The maximum absolute atomic E-state index is 9.14. The average Bonchev–Trinajstić information content (AvgIpc) is 2.84. The van der Waals surface area contributed by atoms with Crippen LogP contribution in [0.15, 0.2) is 18.3 Å². The Morgan fingerprint density at radius 1 is 1.56 bits per heavy atom. The van der Waals surface area contributed by atoms with Crippen molar-refractivity contribution in [1.82, 2.24) is 9.88 Å². The van der Waals surface area contributed by atoms with Crippen LogP contribution >= 0.6 is 0 Å². The molecule has 1 saturated heterocycles. The van der Waals surface area contributed by atoms with Crippen LogP contribution in [0.5, 0.6) is 0 Å². The maximum Gasteiger partial charge on any atom is 0.126 e. The van der Waals surface area contributed by atoms with Crippen LogP contribution in [0, 0.1) is 5.92 Å². The van der Waals surface area contributed by atoms with Gasteiger partial charge in [0.05, 0.1) is 0 Å². The lowest BCUT2D eigenvalue weighted by Gasteiger charge is -2.16. The molecule has 100 valence electrons. The summed E-state index contributed by atoms with van der Waals surface area (Å²) in [6.07, 6.45) is 4.09. The number of aromatic nitrogens is 1. The molecule has 1 aliphatic rings. The highest BCUT2D eigenvalue weighted by Gasteiger charge is 2.21. The number of aliphatic hydroxyl groups excluding tert-OH is 1. The molecule has 0 spiro atoms. The molecule has 18 heavy (non-hydrogen) atoms. The second-order valence-corrected chi connectivity index (χ2v) is 5.05. The van der Waals surface area contributed by atoms with Crippen LogP contribution < -0.4 is 5.32 Å². The second kappa shape index (κ2) is 6.71. The van der Waals surface area contributed by atoms with Gasteiger partial charge in [0.15, 0.2) is 0 Å². The number of pyridine rings is 1. The molecule has 1 atom stereocenters. The van der Waals surface area contributed by atoms with E-state index in [1.807, 2.05) is 6.20 Å². The molecule has 4 heteroatoms. The molecule has 1 aromatic heterocycles. The second-order valence-electron chi connectivity index (χ2n) is 5.05. The monoisotopic (exact) mass is 249 g/mol. The van der Waals surface area contributed by atoms with Gasteiger partial charge in [-0.15, -0.1) is 0 Å². The lowest BCUT2D eigenvalue weighted by molar-refractivity contribution is 0.220. The van der Waals surface area contributed by atoms with Crippen LogP contribution in [-0.2, 0) is 6.54 Å². The Morgan fingerprint density at radius 2 is 2.44 bits per heavy atom. The van der Waals surface area contributed by atoms with E-state index in [-0.39, 0.29) is 0 Å². The predicted molar refractivity (Wildman–Crippen MR) is 73.5 cm³/mol. The van der Waals surface area contributed by atoms with Gasteiger partial charge in [-0.25, -0.2) is 4.98 Å². The molecule has 0 aliphatic carbocycles. The fourth-order valence-corrected chi connectivity index (χ4v) is 2.39. The van der Waals surface area contributed by atoms with Crippen LogP contribution in [0.4, 0.5) is 5.82 Å². The first-order valence-electron chi connectivity index (χ1n) is 6.84. The van der Waals surface area contributed by atoms with E-state index in [9.17, 15) is 0 Å². The number of nitrogens with one attached hydrogen (secondary N) is 1. The third kappa shape index (κ3) is 3.68. The van der Waals surface area contributed by atoms with Gasteiger partial charge in [0.2, 0.25) is 0 Å². The van der Waals surface area contributed by atoms with E-state index in [0.717, 1.165) is 44.8 Å². The molecule has 1 aromatic rings. The van der Waals surface area contributed by atoms with Crippen molar-refractivity contribution in [3.05, 3.63) is 23.9 Å². The molecule has 1 unspecified atom stereocenters. The fraction of sp³-hybridized carbons (Fsp3) is 0.643. The number of hydrogen-bond acceptors (Lipinski definition) is 4. The number of aliphatic hydroxyl groups is 1. The molecule has 4 nitrogen and oxygen atoms in total. The molecule has 2 rings (SSSR count). The predicted octanol–water partition coefficient (Wildman–Crippen LogP) is 1.72. The van der Waals surface area contributed by atoms with Crippen LogP contribution in [0.25, 0.3) is 0 Å². The van der Waals surface area contributed by atoms with E-state index < -0.39 is 0 Å². The van der Waals surface area contributed by atoms with Crippen LogP contribution in [0.2, 0.25) is 0 Å². The smallest absolute Gasteiger partial charge is 0.126 e. The Kier molecular flexibility index (Phi) is 4.96. The van der Waals surface area contributed by atoms with Gasteiger partial charge in [-0.2, -0.15) is 0 Å². The molecule has 0 radical (unpaired) electrons. The van der Waals surface area contributed by atoms with Crippen molar-refractivity contribution < 1.29 is 5.11 Å². The summed E-state index contributed by atoms with van der Waals surface area (Å²) in [4.78, 5) is 6.72. The minimum Gasteiger partial charge on any atom is -0.396 e. The molecule has 2 heterocycles. The van der Waals surface area contributed by atoms with Gasteiger partial charge in [-0.05, 0) is 43.0 Å². The first-order valence-corrected chi connectivity index (χ1v) is 6.84. The highest BCUT2D eigenvalue weighted by atomic mass is 16.3. The lowest BCUT2D eigenvalue weighted by atomic mass is 10.1. The first-order chi connectivity index (χ1) is 8.81. The molecule has 2 N–H and O–H groups in total. The lowest BCUT2D eigenvalue weighted by Crippen LogP contribution is -2.21. The summed E-state index contributed by atoms with van der Waals surface area (Å²) >= 11 is 0. The van der Waals surface area contributed by atoms with Gasteiger partial charge in [-0.1, -0.05) is 6.92 Å². The van der Waals surface area contributed by atoms with Gasteiger partial charge < -0.3 is 10.4 Å². The highest BCUT2D eigenvalue weighted by Crippen LogP contribution is 2.18. The van der Waals surface area contributed by atoms with E-state index >= 15 is 0 Å². The van der Waals surface area contributed by atoms with Crippen molar-refractivity contribution in [2.24, 2.45) is 5.92 Å². The van der Waals surface area contributed by atoms with Crippen LogP contribution in [0.3, 0.4) is 0 Å². The van der Waals surface area contributed by atoms with Crippen molar-refractivity contribution in [1.29, 1.82) is 0 Å². The molecule has 0 amide bonds. The van der Waals surface area contributed by atoms with Crippen molar-refractivity contribution in [2.45, 2.75) is 26.3 Å². The molecule has 0 aromatic carbocycles. The minimum atomic E-state index is 0.316. The number of likely N-dealkylation sites (tertiary alicyclic amines) is 1. The number of rotatable bonds is 6. The third-order valence-electron chi connectivity index (χ3n) is 3.41. The Bertz CT molecular complexity index is 370. The fourth-order valence-electron chi connectivity index (χ4n) is 2.39. The zero-order valence-corrected chi connectivity index (χ0v) is 11.1. The Hall–Kier alpha value is -1.13. The zero-order valence-electron chi connectivity index (χ0n) is 11.1. The van der Waals surface area contributed by atoms with Crippen LogP contribution in [-0.4, -0.2) is 41.2 Å². The SMILES string of the molecule is CCCNc1cc(CN2CCC(CO)C2)ccn1. The summed E-state index contributed by atoms with van der Waals surface area (Å²) in [5, 5.41) is 12.5. The Balaban J connectivity index is 1.89. The summed E-state index contributed by atoms with van der Waals surface area (Å²) < 4.78 is 0. The summed E-state index contributed by atoms with van der Waals surface area (Å²) in [6, 6.07) is 4.20. The highest BCUT2D eigenvalue weighted by molar-refractivity contribution is 5.37. The normalized spacial score (nSPS) is 20.2. The summed E-state index contributed by atoms with van der Waals surface area (Å²) in [5.41, 5.74) is 1.29. The molecule has 1 aliphatic heterocycles. The van der Waals surface area contributed by atoms with Crippen molar-refractivity contribution in [3.8, 4) is 0 Å². The van der Waals surface area contributed by atoms with Gasteiger partial charge in [0, 0.05) is 32.4 Å². The van der Waals surface area contributed by atoms with E-state index in [1.54, 1.807) is 0 Å². The quantitative estimate of drug-likeness (QED) is 0.806. The molecular weight excluding hydrogens is 226 g/mol. The van der Waals surface area contributed by atoms with Crippen molar-refractivity contribution >= 4 is 5.82 Å². The number of nitrogens with zero attached hydrogens (tertiary/aromatic N) is 2. The molecular formula is C14H23N3O. The molecule has 1 fully saturated rings. The van der Waals surface area contributed by atoms with Gasteiger partial charge in [0.25, 0.3) is 0 Å². The van der Waals surface area contributed by atoms with E-state index in [2.05, 4.69) is 34.3 Å². The van der Waals surface area contributed by atoms with E-state index in [0.29, 0.717) is 12.5 Å². The minimum absolute atomic E-state index is 0.316. The number of anilines is 1. The van der Waals surface area contributed by atoms with Gasteiger partial charge >= 0.3 is 0 Å².